The number of ether oxygens (including phenoxy) is 1. The zero-order valence-electron chi connectivity index (χ0n) is 9.18. The second-order valence-corrected chi connectivity index (χ2v) is 6.51. The van der Waals surface area contributed by atoms with E-state index in [9.17, 15) is 9.36 Å². The third kappa shape index (κ3) is 1.62. The number of alkyl halides is 1. The van der Waals surface area contributed by atoms with Crippen LogP contribution in [0.4, 0.5) is 0 Å². The minimum Gasteiger partial charge on any atom is -0.422 e. The van der Waals surface area contributed by atoms with Gasteiger partial charge in [0.05, 0.1) is 5.56 Å². The van der Waals surface area contributed by atoms with Gasteiger partial charge >= 0.3 is 18.4 Å². The molecule has 5 nitrogen and oxygen atoms in total. The molecule has 0 bridgehead atoms. The number of hydrogen-bond donors (Lipinski definition) is 0. The molecule has 1 unspecified atom stereocenters. The highest BCUT2D eigenvalue weighted by molar-refractivity contribution is 7.57. The average molecular weight is 277 g/mol. The maximum atomic E-state index is 12.3. The van der Waals surface area contributed by atoms with Crippen LogP contribution >= 0.6 is 19.2 Å². The lowest BCUT2D eigenvalue weighted by atomic mass is 10.1. The standard InChI is InChI=1S/C10H10ClO5P/c1-14-17(13,15-2)10(11)8-6-4-3-5-7(8)9(12)16-10/h3-6H,1-2H3. The van der Waals surface area contributed by atoms with Crippen molar-refractivity contribution in [3.8, 4) is 0 Å². The lowest BCUT2D eigenvalue weighted by Crippen LogP contribution is -2.20. The molecule has 0 aliphatic carbocycles. The number of carbonyl (C=O) groups excluding carboxylic acids is 1. The number of cyclic esters (lactones) is 1. The number of benzene rings is 1. The minimum absolute atomic E-state index is 0.261. The Labute approximate surface area is 103 Å². The van der Waals surface area contributed by atoms with Crippen LogP contribution < -0.4 is 0 Å². The van der Waals surface area contributed by atoms with Crippen molar-refractivity contribution in [2.45, 2.75) is 4.80 Å². The van der Waals surface area contributed by atoms with Gasteiger partial charge in [-0.1, -0.05) is 29.8 Å². The summed E-state index contributed by atoms with van der Waals surface area (Å²) in [6, 6.07) is 6.41. The van der Waals surface area contributed by atoms with Crippen molar-refractivity contribution in [1.29, 1.82) is 0 Å². The maximum Gasteiger partial charge on any atom is 0.394 e. The summed E-state index contributed by atoms with van der Waals surface area (Å²) < 4.78 is 26.9. The molecule has 0 amide bonds. The van der Waals surface area contributed by atoms with Crippen molar-refractivity contribution < 1.29 is 23.1 Å². The Morgan fingerprint density at radius 1 is 1.29 bits per heavy atom. The topological polar surface area (TPSA) is 61.8 Å². The zero-order valence-corrected chi connectivity index (χ0v) is 10.8. The summed E-state index contributed by atoms with van der Waals surface area (Å²) in [4.78, 5) is 9.71. The molecule has 17 heavy (non-hydrogen) atoms. The van der Waals surface area contributed by atoms with Gasteiger partial charge in [-0.05, 0) is 6.07 Å². The zero-order chi connectivity index (χ0) is 12.7. The Bertz CT molecular complexity index is 509. The number of hydrogen-bond acceptors (Lipinski definition) is 5. The second kappa shape index (κ2) is 4.10. The van der Waals surface area contributed by atoms with E-state index in [0.29, 0.717) is 5.56 Å². The first-order valence-corrected chi connectivity index (χ1v) is 6.64. The Balaban J connectivity index is 2.63. The van der Waals surface area contributed by atoms with Gasteiger partial charge in [0.2, 0.25) is 0 Å². The molecule has 0 fully saturated rings. The van der Waals surface area contributed by atoms with Crippen LogP contribution in [0.1, 0.15) is 15.9 Å². The molecule has 0 saturated carbocycles. The molecule has 1 aliphatic heterocycles. The van der Waals surface area contributed by atoms with Gasteiger partial charge in [-0.15, -0.1) is 0 Å². The normalized spacial score (nSPS) is 23.4. The number of rotatable bonds is 3. The van der Waals surface area contributed by atoms with Crippen molar-refractivity contribution >= 4 is 25.2 Å². The van der Waals surface area contributed by atoms with Crippen LogP contribution in [0.5, 0.6) is 0 Å². The Hall–Kier alpha value is -0.870. The van der Waals surface area contributed by atoms with Crippen molar-refractivity contribution in [2.24, 2.45) is 0 Å². The molecule has 92 valence electrons. The fraction of sp³-hybridized carbons (Fsp3) is 0.300. The third-order valence-corrected chi connectivity index (χ3v) is 5.44. The fourth-order valence-electron chi connectivity index (χ4n) is 1.68. The minimum atomic E-state index is -3.79. The first-order valence-electron chi connectivity index (χ1n) is 4.72. The largest absolute Gasteiger partial charge is 0.422 e. The van der Waals surface area contributed by atoms with E-state index in [1.807, 2.05) is 0 Å². The molecule has 0 radical (unpaired) electrons. The van der Waals surface area contributed by atoms with Crippen LogP contribution in [0.25, 0.3) is 0 Å². The first kappa shape index (κ1) is 12.6. The highest BCUT2D eigenvalue weighted by Crippen LogP contribution is 2.69. The Morgan fingerprint density at radius 2 is 1.88 bits per heavy atom. The molecule has 0 N–H and O–H groups in total. The summed E-state index contributed by atoms with van der Waals surface area (Å²) in [6.07, 6.45) is 0. The van der Waals surface area contributed by atoms with Gasteiger partial charge in [0, 0.05) is 19.8 Å². The molecule has 2 rings (SSSR count). The van der Waals surface area contributed by atoms with Gasteiger partial charge in [-0.3, -0.25) is 4.57 Å². The number of halogens is 1. The maximum absolute atomic E-state index is 12.3. The van der Waals surface area contributed by atoms with Crippen molar-refractivity contribution in [3.63, 3.8) is 0 Å². The molecule has 1 aromatic carbocycles. The molecular formula is C10H10ClO5P. The summed E-state index contributed by atoms with van der Waals surface area (Å²) in [7, 11) is -1.42. The molecule has 0 spiro atoms. The van der Waals surface area contributed by atoms with E-state index < -0.39 is 18.4 Å². The Kier molecular flexibility index (Phi) is 3.04. The van der Waals surface area contributed by atoms with Crippen molar-refractivity contribution in [2.75, 3.05) is 14.2 Å². The number of fused-ring (bicyclic) bond motifs is 1. The third-order valence-electron chi connectivity index (χ3n) is 2.54. The van der Waals surface area contributed by atoms with E-state index in [4.69, 9.17) is 25.4 Å². The van der Waals surface area contributed by atoms with E-state index in [1.165, 1.54) is 20.3 Å². The summed E-state index contributed by atoms with van der Waals surface area (Å²) >= 11 is 6.15. The second-order valence-electron chi connectivity index (χ2n) is 3.36. The lowest BCUT2D eigenvalue weighted by molar-refractivity contribution is 0.0371. The first-order chi connectivity index (χ1) is 7.98. The molecule has 1 aromatic rings. The van der Waals surface area contributed by atoms with Crippen LogP contribution in [0, 0.1) is 0 Å². The molecular weight excluding hydrogens is 267 g/mol. The smallest absolute Gasteiger partial charge is 0.394 e. The lowest BCUT2D eigenvalue weighted by Gasteiger charge is -2.27. The van der Waals surface area contributed by atoms with Crippen LogP contribution in [-0.2, 0) is 23.2 Å². The SMILES string of the molecule is COP(=O)(OC)C1(Cl)OC(=O)c2ccccc21. The van der Waals surface area contributed by atoms with Gasteiger partial charge in [-0.25, -0.2) is 4.79 Å². The summed E-state index contributed by atoms with van der Waals surface area (Å²) in [6.45, 7) is 0. The van der Waals surface area contributed by atoms with E-state index in [1.54, 1.807) is 18.2 Å². The summed E-state index contributed by atoms with van der Waals surface area (Å²) in [5, 5.41) is 0. The molecule has 0 saturated heterocycles. The van der Waals surface area contributed by atoms with E-state index in [0.717, 1.165) is 0 Å². The predicted molar refractivity (Wildman–Crippen MR) is 61.0 cm³/mol. The van der Waals surface area contributed by atoms with E-state index >= 15 is 0 Å². The molecule has 7 heteroatoms. The average Bonchev–Trinajstić information content (AvgIpc) is 2.63. The van der Waals surface area contributed by atoms with Gasteiger partial charge in [0.15, 0.2) is 0 Å². The van der Waals surface area contributed by atoms with Gasteiger partial charge in [0.1, 0.15) is 0 Å². The van der Waals surface area contributed by atoms with Crippen molar-refractivity contribution in [1.82, 2.24) is 0 Å². The van der Waals surface area contributed by atoms with Crippen LogP contribution in [0.2, 0.25) is 0 Å². The monoisotopic (exact) mass is 276 g/mol. The fourth-order valence-corrected chi connectivity index (χ4v) is 3.63. The quantitative estimate of drug-likeness (QED) is 0.482. The molecule has 0 aromatic heterocycles. The van der Waals surface area contributed by atoms with Crippen molar-refractivity contribution in [3.05, 3.63) is 35.4 Å². The number of carbonyl (C=O) groups is 1. The highest BCUT2D eigenvalue weighted by atomic mass is 35.5. The van der Waals surface area contributed by atoms with Crippen LogP contribution in [0.15, 0.2) is 24.3 Å². The summed E-state index contributed by atoms with van der Waals surface area (Å²) in [5.41, 5.74) is 0.551. The number of esters is 1. The molecule has 1 heterocycles. The predicted octanol–water partition coefficient (Wildman–Crippen LogP) is 2.69. The van der Waals surface area contributed by atoms with E-state index in [2.05, 4.69) is 0 Å². The van der Waals surface area contributed by atoms with Crippen LogP contribution in [-0.4, -0.2) is 20.2 Å². The molecule has 1 aliphatic rings. The highest BCUT2D eigenvalue weighted by Gasteiger charge is 2.59. The van der Waals surface area contributed by atoms with Gasteiger partial charge in [-0.2, -0.15) is 0 Å². The van der Waals surface area contributed by atoms with Gasteiger partial charge in [0.25, 0.3) is 0 Å². The van der Waals surface area contributed by atoms with Crippen LogP contribution in [0.3, 0.4) is 0 Å². The van der Waals surface area contributed by atoms with E-state index in [-0.39, 0.29) is 5.56 Å². The van der Waals surface area contributed by atoms with Gasteiger partial charge < -0.3 is 13.8 Å². The Morgan fingerprint density at radius 3 is 2.47 bits per heavy atom. The molecule has 1 atom stereocenters. The summed E-state index contributed by atoms with van der Waals surface area (Å²) in [5.74, 6) is -0.648.